The van der Waals surface area contributed by atoms with Crippen LogP contribution >= 0.6 is 0 Å². The largest absolute Gasteiger partial charge is 0.417 e. The zero-order chi connectivity index (χ0) is 26.7. The van der Waals surface area contributed by atoms with Gasteiger partial charge < -0.3 is 15.0 Å². The third-order valence-corrected chi connectivity index (χ3v) is 7.05. The van der Waals surface area contributed by atoms with Crippen LogP contribution in [0.1, 0.15) is 45.9 Å². The number of hydrogen-bond donors (Lipinski definition) is 1. The van der Waals surface area contributed by atoms with Crippen LogP contribution in [0.4, 0.5) is 30.7 Å². The summed E-state index contributed by atoms with van der Waals surface area (Å²) >= 11 is 0. The number of likely N-dealkylation sites (tertiary alicyclic amines) is 1. The predicted octanol–water partition coefficient (Wildman–Crippen LogP) is 4.37. The fourth-order valence-corrected chi connectivity index (χ4v) is 4.94. The summed E-state index contributed by atoms with van der Waals surface area (Å²) in [4.78, 5) is 31.2. The molecule has 2 saturated heterocycles. The molecule has 2 aliphatic heterocycles. The Balaban J connectivity index is 1.38. The molecule has 37 heavy (non-hydrogen) atoms. The first kappa shape index (κ1) is 25.4. The van der Waals surface area contributed by atoms with Crippen molar-refractivity contribution < 1.29 is 45.1 Å². The Kier molecular flexibility index (Phi) is 6.16. The summed E-state index contributed by atoms with van der Waals surface area (Å²) in [5.74, 6) is -3.02. The smallest absolute Gasteiger partial charge is 0.381 e. The summed E-state index contributed by atoms with van der Waals surface area (Å²) in [6.07, 6.45) is -7.02. The molecular weight excluding hydrogens is 511 g/mol. The molecule has 3 aliphatic rings. The van der Waals surface area contributed by atoms with Crippen molar-refractivity contribution in [1.29, 1.82) is 0 Å². The number of fused-ring (bicyclic) bond motifs is 1. The number of aromatic nitrogens is 1. The van der Waals surface area contributed by atoms with Crippen LogP contribution in [0.25, 0.3) is 0 Å². The van der Waals surface area contributed by atoms with Crippen molar-refractivity contribution in [3.05, 3.63) is 64.7 Å². The van der Waals surface area contributed by atoms with Crippen molar-refractivity contribution in [3.8, 4) is 0 Å². The molecule has 0 spiro atoms. The second kappa shape index (κ2) is 8.96. The molecule has 3 fully saturated rings. The average Bonchev–Trinajstić information content (AvgIpc) is 3.45. The van der Waals surface area contributed by atoms with Gasteiger partial charge in [-0.25, -0.2) is 4.39 Å². The number of nitrogens with zero attached hydrogens (tertiary/aromatic N) is 2. The van der Waals surface area contributed by atoms with E-state index in [0.717, 1.165) is 18.3 Å². The molecule has 1 aromatic heterocycles. The van der Waals surface area contributed by atoms with Crippen molar-refractivity contribution >= 4 is 11.8 Å². The van der Waals surface area contributed by atoms with E-state index in [2.05, 4.69) is 10.3 Å². The zero-order valence-corrected chi connectivity index (χ0v) is 18.9. The maximum absolute atomic E-state index is 14.8. The zero-order valence-electron chi connectivity index (χ0n) is 18.9. The summed E-state index contributed by atoms with van der Waals surface area (Å²) in [7, 11) is 0. The molecule has 2 aromatic rings. The second-order valence-electron chi connectivity index (χ2n) is 9.50. The fraction of sp³-hybridized carbons (Fsp3) is 0.458. The first-order valence-electron chi connectivity index (χ1n) is 11.4. The number of pyridine rings is 1. The molecule has 198 valence electrons. The van der Waals surface area contributed by atoms with Gasteiger partial charge in [0, 0.05) is 29.9 Å². The number of hydrogen-bond acceptors (Lipinski definition) is 4. The molecule has 1 N–H and O–H groups in total. The minimum Gasteiger partial charge on any atom is -0.381 e. The van der Waals surface area contributed by atoms with Crippen LogP contribution in [-0.2, 0) is 21.9 Å². The van der Waals surface area contributed by atoms with Crippen LogP contribution in [0, 0.1) is 17.7 Å². The Bertz CT molecular complexity index is 1230. The summed E-state index contributed by atoms with van der Waals surface area (Å²) in [6, 6.07) is 0.329. The van der Waals surface area contributed by atoms with Gasteiger partial charge in [0.15, 0.2) is 0 Å². The van der Waals surface area contributed by atoms with Crippen molar-refractivity contribution in [3.63, 3.8) is 0 Å². The van der Waals surface area contributed by atoms with Gasteiger partial charge in [-0.05, 0) is 37.0 Å². The fourth-order valence-electron chi connectivity index (χ4n) is 4.94. The highest BCUT2D eigenvalue weighted by atomic mass is 19.4. The van der Waals surface area contributed by atoms with E-state index in [1.54, 1.807) is 0 Å². The molecule has 3 heterocycles. The van der Waals surface area contributed by atoms with Crippen LogP contribution < -0.4 is 5.32 Å². The molecule has 0 radical (unpaired) electrons. The minimum atomic E-state index is -4.75. The number of carbonyl (C=O) groups excluding carboxylic acids is 2. The first-order chi connectivity index (χ1) is 17.3. The molecular formula is C24H20F7N3O3. The predicted molar refractivity (Wildman–Crippen MR) is 112 cm³/mol. The number of halogens is 7. The highest BCUT2D eigenvalue weighted by molar-refractivity contribution is 5.98. The molecule has 6 nitrogen and oxygen atoms in total. The quantitative estimate of drug-likeness (QED) is 0.582. The van der Waals surface area contributed by atoms with Gasteiger partial charge in [-0.15, -0.1) is 0 Å². The van der Waals surface area contributed by atoms with E-state index in [0.29, 0.717) is 24.8 Å². The molecule has 1 aromatic carbocycles. The molecule has 1 aliphatic carbocycles. The topological polar surface area (TPSA) is 71.5 Å². The molecule has 5 rings (SSSR count). The molecule has 13 heteroatoms. The van der Waals surface area contributed by atoms with Crippen molar-refractivity contribution in [2.75, 3.05) is 13.2 Å². The number of rotatable bonds is 5. The van der Waals surface area contributed by atoms with Gasteiger partial charge in [0.05, 0.1) is 35.9 Å². The summed E-state index contributed by atoms with van der Waals surface area (Å²) in [5.41, 5.74) is -2.75. The lowest BCUT2D eigenvalue weighted by molar-refractivity contribution is -0.138. The summed E-state index contributed by atoms with van der Waals surface area (Å²) < 4.78 is 98.1. The maximum Gasteiger partial charge on any atom is 0.417 e. The van der Waals surface area contributed by atoms with E-state index in [4.69, 9.17) is 4.74 Å². The molecule has 2 amide bonds. The Labute approximate surface area is 205 Å². The van der Waals surface area contributed by atoms with Gasteiger partial charge in [0.2, 0.25) is 5.91 Å². The van der Waals surface area contributed by atoms with E-state index in [-0.39, 0.29) is 42.7 Å². The maximum atomic E-state index is 14.8. The molecule has 1 unspecified atom stereocenters. The third-order valence-electron chi connectivity index (χ3n) is 7.05. The van der Waals surface area contributed by atoms with Gasteiger partial charge in [-0.3, -0.25) is 14.6 Å². The highest BCUT2D eigenvalue weighted by Gasteiger charge is 2.56. The lowest BCUT2D eigenvalue weighted by Crippen LogP contribution is -2.51. The first-order valence-corrected chi connectivity index (χ1v) is 11.4. The van der Waals surface area contributed by atoms with Gasteiger partial charge in [-0.2, -0.15) is 26.3 Å². The molecule has 1 saturated carbocycles. The Morgan fingerprint density at radius 3 is 2.30 bits per heavy atom. The Morgan fingerprint density at radius 2 is 1.70 bits per heavy atom. The van der Waals surface area contributed by atoms with Gasteiger partial charge in [-0.1, -0.05) is 6.07 Å². The highest BCUT2D eigenvalue weighted by Crippen LogP contribution is 2.49. The van der Waals surface area contributed by atoms with Crippen LogP contribution in [0.3, 0.4) is 0 Å². The van der Waals surface area contributed by atoms with E-state index in [1.165, 1.54) is 4.90 Å². The van der Waals surface area contributed by atoms with Gasteiger partial charge in [0.25, 0.3) is 5.91 Å². The van der Waals surface area contributed by atoms with E-state index >= 15 is 0 Å². The van der Waals surface area contributed by atoms with E-state index in [9.17, 15) is 40.3 Å². The lowest BCUT2D eigenvalue weighted by Gasteiger charge is -2.36. The molecule has 4 atom stereocenters. The Hall–Kier alpha value is -3.22. The number of piperidine rings is 1. The number of benzene rings is 1. The van der Waals surface area contributed by atoms with Crippen LogP contribution in [0.5, 0.6) is 0 Å². The second-order valence-corrected chi connectivity index (χ2v) is 9.50. The summed E-state index contributed by atoms with van der Waals surface area (Å²) in [5, 5.41) is 2.66. The number of nitrogens with one attached hydrogen (secondary N) is 1. The third kappa shape index (κ3) is 4.88. The van der Waals surface area contributed by atoms with Gasteiger partial charge >= 0.3 is 12.4 Å². The van der Waals surface area contributed by atoms with Crippen molar-refractivity contribution in [2.24, 2.45) is 11.8 Å². The monoisotopic (exact) mass is 531 g/mol. The SMILES string of the molecule is O=C(NC(c1ccc(C(F)(F)F)cc1F)C1COC1)[C@H]1C[C@H]2C[C@H]2N1C(=O)c1cncc(C(F)(F)F)c1. The number of carbonyl (C=O) groups is 2. The lowest BCUT2D eigenvalue weighted by atomic mass is 9.90. The van der Waals surface area contributed by atoms with Crippen LogP contribution in [-0.4, -0.2) is 47.0 Å². The van der Waals surface area contributed by atoms with Crippen molar-refractivity contribution in [2.45, 2.75) is 43.3 Å². The van der Waals surface area contributed by atoms with E-state index in [1.807, 2.05) is 0 Å². The minimum absolute atomic E-state index is 0.00764. The standard InChI is InChI=1S/C24H20F7N3O3/c25-17-6-14(23(26,27)28)1-2-16(17)20(13-9-37-10-13)33-21(35)19-5-11-4-18(11)34(19)22(36)12-3-15(8-32-7-12)24(29,30)31/h1-3,6-8,11,13,18-20H,4-5,9-10H2,(H,33,35)/t11-,18-,19-,20?/m1/s1. The number of ether oxygens (including phenoxy) is 1. The molecule has 0 bridgehead atoms. The van der Waals surface area contributed by atoms with Crippen LogP contribution in [0.2, 0.25) is 0 Å². The Morgan fingerprint density at radius 1 is 1.00 bits per heavy atom. The van der Waals surface area contributed by atoms with E-state index < -0.39 is 59.1 Å². The van der Waals surface area contributed by atoms with Gasteiger partial charge in [0.1, 0.15) is 11.9 Å². The number of alkyl halides is 6. The average molecular weight is 531 g/mol. The normalized spacial score (nSPS) is 24.3. The van der Waals surface area contributed by atoms with Crippen LogP contribution in [0.15, 0.2) is 36.7 Å². The number of amides is 2. The van der Waals surface area contributed by atoms with Crippen molar-refractivity contribution in [1.82, 2.24) is 15.2 Å². The summed E-state index contributed by atoms with van der Waals surface area (Å²) in [6.45, 7) is 0.278.